The van der Waals surface area contributed by atoms with Gasteiger partial charge in [-0.2, -0.15) is 0 Å². The molecule has 0 saturated carbocycles. The van der Waals surface area contributed by atoms with E-state index in [1.807, 2.05) is 23.9 Å². The zero-order valence-electron chi connectivity index (χ0n) is 9.04. The van der Waals surface area contributed by atoms with Crippen LogP contribution in [-0.2, 0) is 5.75 Å². The molecule has 0 aliphatic heterocycles. The number of hydrogen-bond donors (Lipinski definition) is 0. The van der Waals surface area contributed by atoms with Gasteiger partial charge in [0.1, 0.15) is 0 Å². The monoisotopic (exact) mass is 226 g/mol. The second kappa shape index (κ2) is 6.19. The lowest BCUT2D eigenvalue weighted by Gasteiger charge is -1.96. The molecule has 0 amide bonds. The molecule has 0 N–H and O–H groups in total. The van der Waals surface area contributed by atoms with Crippen LogP contribution in [0.4, 0.5) is 0 Å². The molecule has 80 valence electrons. The first kappa shape index (κ1) is 11.0. The Bertz CT molecular complexity index is 432. The summed E-state index contributed by atoms with van der Waals surface area (Å²) in [6.45, 7) is 0. The lowest BCUT2D eigenvalue weighted by atomic mass is 10.2. The molecule has 0 aliphatic rings. The summed E-state index contributed by atoms with van der Waals surface area (Å²) in [5.41, 5.74) is 2.62. The number of hydrogen-bond acceptors (Lipinski definition) is 1. The van der Waals surface area contributed by atoms with Gasteiger partial charge in [-0.25, -0.2) is 0 Å². The highest BCUT2D eigenvalue weighted by Crippen LogP contribution is 2.14. The van der Waals surface area contributed by atoms with Crippen molar-refractivity contribution >= 4 is 17.8 Å². The third-order valence-electron chi connectivity index (χ3n) is 2.25. The van der Waals surface area contributed by atoms with E-state index in [0.29, 0.717) is 0 Å². The molecule has 0 nitrogen and oxygen atoms in total. The summed E-state index contributed by atoms with van der Waals surface area (Å²) in [6, 6.07) is 20.9. The Morgan fingerprint density at radius 1 is 0.812 bits per heavy atom. The van der Waals surface area contributed by atoms with Crippen molar-refractivity contribution in [3.05, 3.63) is 77.2 Å². The fourth-order valence-corrected chi connectivity index (χ4v) is 2.14. The normalized spacial score (nSPS) is 10.8. The third kappa shape index (κ3) is 3.59. The second-order valence-corrected chi connectivity index (χ2v) is 4.40. The lowest BCUT2D eigenvalue weighted by molar-refractivity contribution is 1.42. The Morgan fingerprint density at radius 2 is 1.44 bits per heavy atom. The van der Waals surface area contributed by atoms with Crippen molar-refractivity contribution in [2.45, 2.75) is 5.75 Å². The first-order valence-electron chi connectivity index (χ1n) is 5.32. The van der Waals surface area contributed by atoms with Gasteiger partial charge in [0.05, 0.1) is 0 Å². The molecule has 2 aromatic rings. The van der Waals surface area contributed by atoms with E-state index in [-0.39, 0.29) is 0 Å². The van der Waals surface area contributed by atoms with Crippen LogP contribution in [0.25, 0.3) is 6.08 Å². The largest absolute Gasteiger partial charge is 0.129 e. The third-order valence-corrected chi connectivity index (χ3v) is 3.08. The smallest absolute Gasteiger partial charge is 0.0226 e. The van der Waals surface area contributed by atoms with Gasteiger partial charge in [0, 0.05) is 5.75 Å². The van der Waals surface area contributed by atoms with Gasteiger partial charge in [-0.1, -0.05) is 60.7 Å². The quantitative estimate of drug-likeness (QED) is 0.734. The van der Waals surface area contributed by atoms with Crippen LogP contribution >= 0.6 is 11.8 Å². The van der Waals surface area contributed by atoms with Gasteiger partial charge in [-0.05, 0) is 22.6 Å². The van der Waals surface area contributed by atoms with Crippen molar-refractivity contribution in [3.8, 4) is 0 Å². The van der Waals surface area contributed by atoms with Gasteiger partial charge in [0.15, 0.2) is 0 Å². The van der Waals surface area contributed by atoms with Gasteiger partial charge in [0.2, 0.25) is 0 Å². The molecule has 0 saturated heterocycles. The summed E-state index contributed by atoms with van der Waals surface area (Å²) < 4.78 is 0. The first-order valence-corrected chi connectivity index (χ1v) is 6.37. The van der Waals surface area contributed by atoms with Gasteiger partial charge < -0.3 is 0 Å². The summed E-state index contributed by atoms with van der Waals surface area (Å²) in [5.74, 6) is 1.03. The minimum absolute atomic E-state index is 1.03. The summed E-state index contributed by atoms with van der Waals surface area (Å²) in [5, 5.41) is 2.16. The van der Waals surface area contributed by atoms with Crippen molar-refractivity contribution in [2.75, 3.05) is 0 Å². The van der Waals surface area contributed by atoms with Crippen molar-refractivity contribution < 1.29 is 0 Å². The van der Waals surface area contributed by atoms with E-state index in [0.717, 1.165) is 5.75 Å². The Labute approximate surface area is 101 Å². The molecule has 16 heavy (non-hydrogen) atoms. The van der Waals surface area contributed by atoms with Crippen LogP contribution < -0.4 is 0 Å². The van der Waals surface area contributed by atoms with Gasteiger partial charge in [-0.15, -0.1) is 11.8 Å². The molecular weight excluding hydrogens is 212 g/mol. The van der Waals surface area contributed by atoms with E-state index in [4.69, 9.17) is 0 Å². The van der Waals surface area contributed by atoms with Crippen LogP contribution in [0.1, 0.15) is 11.1 Å². The van der Waals surface area contributed by atoms with Gasteiger partial charge in [-0.3, -0.25) is 0 Å². The molecule has 0 spiro atoms. The Morgan fingerprint density at radius 3 is 2.12 bits per heavy atom. The zero-order valence-corrected chi connectivity index (χ0v) is 9.86. The molecule has 0 fully saturated rings. The van der Waals surface area contributed by atoms with Crippen molar-refractivity contribution in [2.24, 2.45) is 0 Å². The number of thioether (sulfide) groups is 1. The summed E-state index contributed by atoms with van der Waals surface area (Å²) in [6.07, 6.45) is 2.15. The average molecular weight is 226 g/mol. The fraction of sp³-hybridized carbons (Fsp3) is 0.0667. The van der Waals surface area contributed by atoms with Crippen LogP contribution in [-0.4, -0.2) is 0 Å². The second-order valence-electron chi connectivity index (χ2n) is 3.51. The van der Waals surface area contributed by atoms with E-state index >= 15 is 0 Å². The van der Waals surface area contributed by atoms with E-state index < -0.39 is 0 Å². The predicted molar refractivity (Wildman–Crippen MR) is 73.2 cm³/mol. The van der Waals surface area contributed by atoms with Crippen LogP contribution in [0.3, 0.4) is 0 Å². The van der Waals surface area contributed by atoms with E-state index in [2.05, 4.69) is 60.0 Å². The topological polar surface area (TPSA) is 0 Å². The predicted octanol–water partition coefficient (Wildman–Crippen LogP) is 4.59. The molecule has 0 atom stereocenters. The van der Waals surface area contributed by atoms with Crippen LogP contribution in [0.2, 0.25) is 0 Å². The molecule has 0 unspecified atom stereocenters. The van der Waals surface area contributed by atoms with Crippen LogP contribution in [0.5, 0.6) is 0 Å². The highest BCUT2D eigenvalue weighted by Gasteiger charge is 1.88. The molecule has 0 aliphatic carbocycles. The Kier molecular flexibility index (Phi) is 4.26. The molecule has 0 aromatic heterocycles. The highest BCUT2D eigenvalue weighted by molar-refractivity contribution is 8.01. The first-order chi connectivity index (χ1) is 7.95. The molecule has 0 heterocycles. The molecular formula is C15H14S. The summed E-state index contributed by atoms with van der Waals surface area (Å²) >= 11 is 1.82. The van der Waals surface area contributed by atoms with Gasteiger partial charge in [0.25, 0.3) is 0 Å². The fourth-order valence-electron chi connectivity index (χ4n) is 1.41. The van der Waals surface area contributed by atoms with E-state index in [9.17, 15) is 0 Å². The highest BCUT2D eigenvalue weighted by atomic mass is 32.2. The molecule has 2 rings (SSSR count). The van der Waals surface area contributed by atoms with Crippen molar-refractivity contribution in [1.29, 1.82) is 0 Å². The number of benzene rings is 2. The molecule has 1 heteroatoms. The zero-order chi connectivity index (χ0) is 11.1. The Hall–Kier alpha value is -1.47. The maximum Gasteiger partial charge on any atom is 0.0226 e. The Balaban J connectivity index is 1.83. The lowest BCUT2D eigenvalue weighted by Crippen LogP contribution is -1.75. The molecule has 0 radical (unpaired) electrons. The van der Waals surface area contributed by atoms with E-state index in [1.54, 1.807) is 0 Å². The van der Waals surface area contributed by atoms with Gasteiger partial charge >= 0.3 is 0 Å². The van der Waals surface area contributed by atoms with Crippen molar-refractivity contribution in [1.82, 2.24) is 0 Å². The SMILES string of the molecule is C(=C\c1ccccc1)/SCc1ccccc1. The van der Waals surface area contributed by atoms with Crippen molar-refractivity contribution in [3.63, 3.8) is 0 Å². The minimum Gasteiger partial charge on any atom is -0.129 e. The summed E-state index contributed by atoms with van der Waals surface area (Å²) in [4.78, 5) is 0. The minimum atomic E-state index is 1.03. The molecule has 2 aromatic carbocycles. The number of rotatable bonds is 4. The molecule has 0 bridgehead atoms. The standard InChI is InChI=1S/C15H14S/c1-3-7-14(8-4-1)11-12-16-13-15-9-5-2-6-10-15/h1-12H,13H2/b12-11+. The summed E-state index contributed by atoms with van der Waals surface area (Å²) in [7, 11) is 0. The van der Waals surface area contributed by atoms with Crippen LogP contribution in [0.15, 0.2) is 66.1 Å². The maximum absolute atomic E-state index is 2.16. The van der Waals surface area contributed by atoms with E-state index in [1.165, 1.54) is 11.1 Å². The van der Waals surface area contributed by atoms with Crippen LogP contribution in [0, 0.1) is 0 Å². The maximum atomic E-state index is 2.16. The average Bonchev–Trinajstić information content (AvgIpc) is 2.37.